The van der Waals surface area contributed by atoms with E-state index in [4.69, 9.17) is 0 Å². The van der Waals surface area contributed by atoms with Gasteiger partial charge in [-0.2, -0.15) is 0 Å². The number of halogens is 2. The first-order valence-corrected chi connectivity index (χ1v) is 12.5. The summed E-state index contributed by atoms with van der Waals surface area (Å²) in [5, 5.41) is 0. The topological polar surface area (TPSA) is 26.8 Å². The highest BCUT2D eigenvalue weighted by atomic mass is 19.3. The smallest absolute Gasteiger partial charge is 0.252 e. The third-order valence-corrected chi connectivity index (χ3v) is 8.08. The molecule has 3 fully saturated rings. The Morgan fingerprint density at radius 2 is 1.66 bits per heavy atom. The van der Waals surface area contributed by atoms with Gasteiger partial charge < -0.3 is 4.90 Å². The van der Waals surface area contributed by atoms with Crippen molar-refractivity contribution in [1.29, 1.82) is 0 Å². The predicted octanol–water partition coefficient (Wildman–Crippen LogP) is 4.61. The molecule has 0 bridgehead atoms. The van der Waals surface area contributed by atoms with E-state index in [1.54, 1.807) is 0 Å². The van der Waals surface area contributed by atoms with E-state index in [0.29, 0.717) is 31.5 Å². The lowest BCUT2D eigenvalue weighted by Gasteiger charge is -2.47. The molecule has 1 saturated carbocycles. The molecule has 2 aliphatic heterocycles. The maximum atomic E-state index is 15.1. The maximum absolute atomic E-state index is 15.1. The molecule has 4 nitrogen and oxygen atoms in total. The highest BCUT2D eigenvalue weighted by molar-refractivity contribution is 5.76. The first-order valence-electron chi connectivity index (χ1n) is 12.5. The van der Waals surface area contributed by atoms with E-state index in [0.717, 1.165) is 45.4 Å². The van der Waals surface area contributed by atoms with E-state index in [2.05, 4.69) is 47.9 Å². The molecule has 178 valence electrons. The lowest BCUT2D eigenvalue weighted by Crippen LogP contribution is -2.58. The number of likely N-dealkylation sites (tertiary alicyclic amines) is 1. The van der Waals surface area contributed by atoms with Gasteiger partial charge in [0.25, 0.3) is 5.92 Å². The van der Waals surface area contributed by atoms with E-state index < -0.39 is 11.8 Å². The third-order valence-electron chi connectivity index (χ3n) is 8.08. The third kappa shape index (κ3) is 5.33. The summed E-state index contributed by atoms with van der Waals surface area (Å²) < 4.78 is 30.2. The fraction of sp³-hybridized carbons (Fsp3) is 0.731. The summed E-state index contributed by atoms with van der Waals surface area (Å²) in [6.45, 7) is 9.22. The van der Waals surface area contributed by atoms with Crippen molar-refractivity contribution in [2.45, 2.75) is 76.3 Å². The summed E-state index contributed by atoms with van der Waals surface area (Å²) in [7, 11) is 0. The summed E-state index contributed by atoms with van der Waals surface area (Å²) >= 11 is 0. The summed E-state index contributed by atoms with van der Waals surface area (Å²) in [4.78, 5) is 19.6. The van der Waals surface area contributed by atoms with Crippen LogP contribution in [0.3, 0.4) is 0 Å². The van der Waals surface area contributed by atoms with E-state index in [-0.39, 0.29) is 24.8 Å². The molecule has 1 unspecified atom stereocenters. The van der Waals surface area contributed by atoms with E-state index in [1.165, 1.54) is 5.56 Å². The summed E-state index contributed by atoms with van der Waals surface area (Å²) in [5.41, 5.74) is 1.32. The molecule has 1 amide bonds. The lowest BCUT2D eigenvalue weighted by molar-refractivity contribution is -0.150. The number of alkyl halides is 2. The van der Waals surface area contributed by atoms with Crippen molar-refractivity contribution in [3.8, 4) is 0 Å². The van der Waals surface area contributed by atoms with Gasteiger partial charge in [0.05, 0.1) is 0 Å². The molecule has 2 heterocycles. The SMILES string of the molecule is CC(C)N1CCN([C@H]2CCCC(F)(F)C2CC(=O)N2CCC(c3ccccc3)CC2)CC1. The van der Waals surface area contributed by atoms with Gasteiger partial charge in [-0.15, -0.1) is 0 Å². The monoisotopic (exact) mass is 447 g/mol. The van der Waals surface area contributed by atoms with Crippen molar-refractivity contribution in [3.63, 3.8) is 0 Å². The van der Waals surface area contributed by atoms with E-state index >= 15 is 8.78 Å². The molecule has 1 aromatic rings. The molecule has 0 spiro atoms. The van der Waals surface area contributed by atoms with Crippen molar-refractivity contribution < 1.29 is 13.6 Å². The van der Waals surface area contributed by atoms with Gasteiger partial charge in [-0.05, 0) is 51.0 Å². The Morgan fingerprint density at radius 3 is 2.28 bits per heavy atom. The van der Waals surface area contributed by atoms with Crippen molar-refractivity contribution in [1.82, 2.24) is 14.7 Å². The Hall–Kier alpha value is -1.53. The number of carbonyl (C=O) groups excluding carboxylic acids is 1. The molecular weight excluding hydrogens is 408 g/mol. The number of benzene rings is 1. The number of piperazine rings is 1. The summed E-state index contributed by atoms with van der Waals surface area (Å²) in [5.74, 6) is -3.23. The Bertz CT molecular complexity index is 741. The van der Waals surface area contributed by atoms with Gasteiger partial charge in [-0.25, -0.2) is 8.78 Å². The minimum absolute atomic E-state index is 0.0158. The largest absolute Gasteiger partial charge is 0.343 e. The minimum Gasteiger partial charge on any atom is -0.343 e. The molecule has 2 atom stereocenters. The number of nitrogens with zero attached hydrogens (tertiary/aromatic N) is 3. The second-order valence-corrected chi connectivity index (χ2v) is 10.3. The Labute approximate surface area is 191 Å². The van der Waals surface area contributed by atoms with Gasteiger partial charge in [-0.1, -0.05) is 30.3 Å². The average Bonchev–Trinajstić information content (AvgIpc) is 2.81. The van der Waals surface area contributed by atoms with Gasteiger partial charge >= 0.3 is 0 Å². The molecule has 6 heteroatoms. The zero-order valence-corrected chi connectivity index (χ0v) is 19.7. The van der Waals surface area contributed by atoms with Crippen LogP contribution >= 0.6 is 0 Å². The van der Waals surface area contributed by atoms with Crippen LogP contribution in [0.25, 0.3) is 0 Å². The van der Waals surface area contributed by atoms with Crippen molar-refractivity contribution in [3.05, 3.63) is 35.9 Å². The van der Waals surface area contributed by atoms with Crippen LogP contribution in [-0.4, -0.2) is 77.9 Å². The molecular formula is C26H39F2N3O. The number of piperidine rings is 1. The van der Waals surface area contributed by atoms with Crippen LogP contribution in [0.4, 0.5) is 8.78 Å². The van der Waals surface area contributed by atoms with Gasteiger partial charge in [0.15, 0.2) is 0 Å². The number of amides is 1. The number of carbonyl (C=O) groups is 1. The second kappa shape index (κ2) is 10.2. The highest BCUT2D eigenvalue weighted by Crippen LogP contribution is 2.43. The lowest BCUT2D eigenvalue weighted by atomic mass is 9.77. The van der Waals surface area contributed by atoms with Crippen LogP contribution in [0.15, 0.2) is 30.3 Å². The highest BCUT2D eigenvalue weighted by Gasteiger charge is 2.50. The zero-order valence-electron chi connectivity index (χ0n) is 19.7. The molecule has 0 N–H and O–H groups in total. The van der Waals surface area contributed by atoms with Crippen molar-refractivity contribution >= 4 is 5.91 Å². The normalized spacial score (nSPS) is 28.2. The Balaban J connectivity index is 1.36. The number of hydrogen-bond donors (Lipinski definition) is 0. The van der Waals surface area contributed by atoms with E-state index in [9.17, 15) is 4.79 Å². The Morgan fingerprint density at radius 1 is 1.00 bits per heavy atom. The fourth-order valence-corrected chi connectivity index (χ4v) is 6.03. The van der Waals surface area contributed by atoms with Crippen LogP contribution in [0.2, 0.25) is 0 Å². The van der Waals surface area contributed by atoms with Crippen LogP contribution in [0, 0.1) is 5.92 Å². The molecule has 3 aliphatic rings. The molecule has 2 saturated heterocycles. The second-order valence-electron chi connectivity index (χ2n) is 10.3. The first-order chi connectivity index (χ1) is 15.3. The molecule has 32 heavy (non-hydrogen) atoms. The van der Waals surface area contributed by atoms with Crippen LogP contribution < -0.4 is 0 Å². The number of rotatable bonds is 5. The van der Waals surface area contributed by atoms with Gasteiger partial charge in [0.1, 0.15) is 0 Å². The predicted molar refractivity (Wildman–Crippen MR) is 124 cm³/mol. The van der Waals surface area contributed by atoms with Gasteiger partial charge in [0.2, 0.25) is 5.91 Å². The fourth-order valence-electron chi connectivity index (χ4n) is 6.03. The van der Waals surface area contributed by atoms with Crippen LogP contribution in [-0.2, 0) is 4.79 Å². The zero-order chi connectivity index (χ0) is 22.7. The van der Waals surface area contributed by atoms with Crippen molar-refractivity contribution in [2.24, 2.45) is 5.92 Å². The molecule has 0 aromatic heterocycles. The quantitative estimate of drug-likeness (QED) is 0.659. The van der Waals surface area contributed by atoms with Gasteiger partial charge in [-0.3, -0.25) is 14.6 Å². The average molecular weight is 448 g/mol. The molecule has 0 radical (unpaired) electrons. The van der Waals surface area contributed by atoms with Crippen LogP contribution in [0.5, 0.6) is 0 Å². The Kier molecular flexibility index (Phi) is 7.51. The maximum Gasteiger partial charge on any atom is 0.252 e. The van der Waals surface area contributed by atoms with Gasteiger partial charge in [0, 0.05) is 70.1 Å². The number of hydrogen-bond acceptors (Lipinski definition) is 3. The van der Waals surface area contributed by atoms with Crippen LogP contribution in [0.1, 0.15) is 63.9 Å². The standard InChI is InChI=1S/C26H39F2N3O/c1-20(2)29-15-17-30(18-16-29)24-9-6-12-26(27,28)23(24)19-25(32)31-13-10-22(11-14-31)21-7-4-3-5-8-21/h3-5,7-8,20,22-24H,6,9-19H2,1-2H3/t23?,24-/m0/s1. The molecule has 1 aliphatic carbocycles. The minimum atomic E-state index is -2.75. The van der Waals surface area contributed by atoms with Crippen molar-refractivity contribution in [2.75, 3.05) is 39.3 Å². The molecule has 4 rings (SSSR count). The van der Waals surface area contributed by atoms with E-state index in [1.807, 2.05) is 11.0 Å². The first kappa shape index (κ1) is 23.6. The molecule has 1 aromatic carbocycles. The summed E-state index contributed by atoms with van der Waals surface area (Å²) in [6.07, 6.45) is 3.07. The summed E-state index contributed by atoms with van der Waals surface area (Å²) in [6, 6.07) is 10.7.